The summed E-state index contributed by atoms with van der Waals surface area (Å²) in [6.07, 6.45) is 0.877. The standard InChI is InChI=1S/C46H51BN2O2/c1-29-24-39-43-40(25-29)49(34-18-21-41-42(28-34)51-23-11-22-50-41)38-20-15-32(46(8,9)10)27-36(38)47(43)35-26-31(45(5,6)7)14-19-37(35)48(39)33-16-12-30(13-17-33)44(2,3)4/h12-21,24-28H,11,22-23H2,1-10H3. The van der Waals surface area contributed by atoms with Gasteiger partial charge in [0.05, 0.1) is 18.9 Å². The molecule has 5 aromatic carbocycles. The normalized spacial score (nSPS) is 15.2. The van der Waals surface area contributed by atoms with Crippen LogP contribution in [0, 0.1) is 6.92 Å². The van der Waals surface area contributed by atoms with Gasteiger partial charge < -0.3 is 19.3 Å². The first-order chi connectivity index (χ1) is 24.1. The molecule has 0 atom stereocenters. The van der Waals surface area contributed by atoms with Gasteiger partial charge in [0, 0.05) is 40.9 Å². The number of ether oxygens (including phenoxy) is 2. The minimum atomic E-state index is -0.00289. The molecule has 5 heteroatoms. The first-order valence-corrected chi connectivity index (χ1v) is 18.6. The van der Waals surface area contributed by atoms with Crippen LogP contribution in [0.4, 0.5) is 34.1 Å². The molecule has 8 rings (SSSR count). The fourth-order valence-electron chi connectivity index (χ4n) is 8.03. The van der Waals surface area contributed by atoms with Gasteiger partial charge in [-0.05, 0) is 110 Å². The maximum absolute atomic E-state index is 6.26. The molecule has 0 unspecified atom stereocenters. The molecule has 0 spiro atoms. The number of aryl methyl sites for hydroxylation is 1. The lowest BCUT2D eigenvalue weighted by molar-refractivity contribution is 0.297. The van der Waals surface area contributed by atoms with Crippen molar-refractivity contribution in [3.8, 4) is 11.5 Å². The number of benzene rings is 5. The molecular formula is C46H51BN2O2. The van der Waals surface area contributed by atoms with E-state index in [-0.39, 0.29) is 23.0 Å². The molecule has 3 heterocycles. The van der Waals surface area contributed by atoms with Crippen molar-refractivity contribution in [3.63, 3.8) is 0 Å². The van der Waals surface area contributed by atoms with Crippen molar-refractivity contribution in [3.05, 3.63) is 113 Å². The second-order valence-electron chi connectivity index (χ2n) is 17.8. The summed E-state index contributed by atoms with van der Waals surface area (Å²) >= 11 is 0. The molecule has 0 radical (unpaired) electrons. The third-order valence-electron chi connectivity index (χ3n) is 10.9. The maximum Gasteiger partial charge on any atom is 0.252 e. The number of anilines is 6. The van der Waals surface area contributed by atoms with E-state index in [9.17, 15) is 0 Å². The van der Waals surface area contributed by atoms with Crippen molar-refractivity contribution >= 4 is 57.2 Å². The van der Waals surface area contributed by atoms with Gasteiger partial charge in [-0.25, -0.2) is 0 Å². The smallest absolute Gasteiger partial charge is 0.252 e. The lowest BCUT2D eigenvalue weighted by Gasteiger charge is -2.45. The number of rotatable bonds is 2. The monoisotopic (exact) mass is 674 g/mol. The molecule has 0 saturated carbocycles. The van der Waals surface area contributed by atoms with Crippen LogP contribution in [0.5, 0.6) is 11.5 Å². The average molecular weight is 675 g/mol. The minimum Gasteiger partial charge on any atom is -0.490 e. The van der Waals surface area contributed by atoms with Crippen molar-refractivity contribution in [1.82, 2.24) is 0 Å². The zero-order chi connectivity index (χ0) is 36.0. The summed E-state index contributed by atoms with van der Waals surface area (Å²) < 4.78 is 12.3. The van der Waals surface area contributed by atoms with E-state index in [0.717, 1.165) is 23.6 Å². The van der Waals surface area contributed by atoms with Gasteiger partial charge in [-0.3, -0.25) is 0 Å². The number of hydrogen-bond donors (Lipinski definition) is 0. The summed E-state index contributed by atoms with van der Waals surface area (Å²) in [6, 6.07) is 34.9. The van der Waals surface area contributed by atoms with Crippen LogP contribution < -0.4 is 35.7 Å². The Labute approximate surface area is 305 Å². The largest absolute Gasteiger partial charge is 0.490 e. The Kier molecular flexibility index (Phi) is 7.69. The molecule has 0 amide bonds. The zero-order valence-electron chi connectivity index (χ0n) is 32.1. The van der Waals surface area contributed by atoms with Crippen molar-refractivity contribution in [2.45, 2.75) is 91.9 Å². The fourth-order valence-corrected chi connectivity index (χ4v) is 8.03. The van der Waals surface area contributed by atoms with E-state index in [1.165, 1.54) is 67.1 Å². The highest BCUT2D eigenvalue weighted by molar-refractivity contribution is 7.00. The number of nitrogens with zero attached hydrogens (tertiary/aromatic N) is 2. The molecule has 0 bridgehead atoms. The second-order valence-corrected chi connectivity index (χ2v) is 17.8. The molecule has 260 valence electrons. The summed E-state index contributed by atoms with van der Waals surface area (Å²) in [5, 5.41) is 0. The SMILES string of the molecule is Cc1cc2c3c(c1)N(c1ccc4c(c1)OCCCO4)c1ccc(C(C)(C)C)cc1B3c1cc(C(C)(C)C)ccc1N2c1ccc(C(C)(C)C)cc1. The molecular weight excluding hydrogens is 623 g/mol. The highest BCUT2D eigenvalue weighted by Gasteiger charge is 2.44. The maximum atomic E-state index is 6.26. The van der Waals surface area contributed by atoms with Crippen LogP contribution in [-0.4, -0.2) is 19.9 Å². The van der Waals surface area contributed by atoms with E-state index < -0.39 is 0 Å². The summed E-state index contributed by atoms with van der Waals surface area (Å²) in [5.74, 6) is 1.62. The van der Waals surface area contributed by atoms with E-state index in [2.05, 4.69) is 170 Å². The molecule has 3 aliphatic heterocycles. The third kappa shape index (κ3) is 5.70. The van der Waals surface area contributed by atoms with Crippen LogP contribution in [0.1, 0.15) is 91.0 Å². The fraction of sp³-hybridized carbons (Fsp3) is 0.348. The van der Waals surface area contributed by atoms with E-state index in [4.69, 9.17) is 9.47 Å². The highest BCUT2D eigenvalue weighted by atomic mass is 16.5. The summed E-state index contributed by atoms with van der Waals surface area (Å²) in [7, 11) is 0. The first-order valence-electron chi connectivity index (χ1n) is 18.6. The summed E-state index contributed by atoms with van der Waals surface area (Å²) in [6.45, 7) is 24.4. The summed E-state index contributed by atoms with van der Waals surface area (Å²) in [5.41, 5.74) is 16.5. The predicted molar refractivity (Wildman–Crippen MR) is 217 cm³/mol. The van der Waals surface area contributed by atoms with Crippen LogP contribution >= 0.6 is 0 Å². The van der Waals surface area contributed by atoms with Gasteiger partial charge in [0.1, 0.15) is 0 Å². The van der Waals surface area contributed by atoms with Gasteiger partial charge in [-0.1, -0.05) is 98.7 Å². The Bertz CT molecular complexity index is 2160. The van der Waals surface area contributed by atoms with Gasteiger partial charge in [-0.2, -0.15) is 0 Å². The Morgan fingerprint density at radius 3 is 1.49 bits per heavy atom. The zero-order valence-corrected chi connectivity index (χ0v) is 32.1. The Morgan fingerprint density at radius 2 is 0.961 bits per heavy atom. The van der Waals surface area contributed by atoms with E-state index >= 15 is 0 Å². The minimum absolute atomic E-state index is 0.00289. The molecule has 0 aromatic heterocycles. The molecule has 0 N–H and O–H groups in total. The Morgan fingerprint density at radius 1 is 0.490 bits per heavy atom. The molecule has 0 saturated heterocycles. The van der Waals surface area contributed by atoms with E-state index in [1.807, 2.05) is 0 Å². The molecule has 4 nitrogen and oxygen atoms in total. The summed E-state index contributed by atoms with van der Waals surface area (Å²) in [4.78, 5) is 4.99. The predicted octanol–water partition coefficient (Wildman–Crippen LogP) is 10.1. The van der Waals surface area contributed by atoms with Gasteiger partial charge in [0.25, 0.3) is 6.71 Å². The van der Waals surface area contributed by atoms with Crippen LogP contribution in [0.25, 0.3) is 0 Å². The van der Waals surface area contributed by atoms with Crippen LogP contribution in [0.2, 0.25) is 0 Å². The second kappa shape index (κ2) is 11.7. The van der Waals surface area contributed by atoms with Crippen LogP contribution in [-0.2, 0) is 16.2 Å². The topological polar surface area (TPSA) is 24.9 Å². The van der Waals surface area contributed by atoms with Crippen molar-refractivity contribution in [1.29, 1.82) is 0 Å². The van der Waals surface area contributed by atoms with Gasteiger partial charge in [0.15, 0.2) is 11.5 Å². The van der Waals surface area contributed by atoms with Gasteiger partial charge in [-0.15, -0.1) is 0 Å². The van der Waals surface area contributed by atoms with Gasteiger partial charge in [0.2, 0.25) is 0 Å². The number of hydrogen-bond acceptors (Lipinski definition) is 4. The molecule has 0 fully saturated rings. The van der Waals surface area contributed by atoms with E-state index in [1.54, 1.807) is 0 Å². The van der Waals surface area contributed by atoms with Crippen molar-refractivity contribution < 1.29 is 9.47 Å². The molecule has 5 aromatic rings. The Balaban J connectivity index is 1.44. The third-order valence-corrected chi connectivity index (χ3v) is 10.9. The van der Waals surface area contributed by atoms with Crippen molar-refractivity contribution in [2.75, 3.05) is 23.0 Å². The first kappa shape index (κ1) is 33.5. The molecule has 51 heavy (non-hydrogen) atoms. The Hall–Kier alpha value is -4.64. The van der Waals surface area contributed by atoms with Gasteiger partial charge >= 0.3 is 0 Å². The van der Waals surface area contributed by atoms with Crippen LogP contribution in [0.3, 0.4) is 0 Å². The average Bonchev–Trinajstić information content (AvgIpc) is 3.31. The quantitative estimate of drug-likeness (QED) is 0.171. The van der Waals surface area contributed by atoms with E-state index in [0.29, 0.717) is 13.2 Å². The number of fused-ring (bicyclic) bond motifs is 5. The molecule has 3 aliphatic rings. The molecule has 0 aliphatic carbocycles. The van der Waals surface area contributed by atoms with Crippen LogP contribution in [0.15, 0.2) is 91.0 Å². The lowest BCUT2D eigenvalue weighted by atomic mass is 9.33. The highest BCUT2D eigenvalue weighted by Crippen LogP contribution is 2.47. The van der Waals surface area contributed by atoms with Crippen molar-refractivity contribution in [2.24, 2.45) is 0 Å². The lowest BCUT2D eigenvalue weighted by Crippen LogP contribution is -2.61.